The van der Waals surface area contributed by atoms with E-state index in [1.807, 2.05) is 24.3 Å². The molecule has 0 saturated heterocycles. The monoisotopic (exact) mass is 280 g/mol. The van der Waals surface area contributed by atoms with Crippen LogP contribution in [0.5, 0.6) is 11.6 Å². The van der Waals surface area contributed by atoms with E-state index in [9.17, 15) is 4.79 Å². The SMILES string of the molecule is COC(=O)c1ccc(Oc2ncnc3ccccc23)cc1. The molecule has 3 rings (SSSR count). The van der Waals surface area contributed by atoms with Crippen molar-refractivity contribution in [2.24, 2.45) is 0 Å². The number of nitrogens with zero attached hydrogens (tertiary/aromatic N) is 2. The van der Waals surface area contributed by atoms with Crippen LogP contribution < -0.4 is 4.74 Å². The molecule has 0 radical (unpaired) electrons. The highest BCUT2D eigenvalue weighted by molar-refractivity contribution is 5.89. The number of hydrogen-bond acceptors (Lipinski definition) is 5. The summed E-state index contributed by atoms with van der Waals surface area (Å²) in [5, 5.41) is 0.831. The summed E-state index contributed by atoms with van der Waals surface area (Å²) in [6.07, 6.45) is 1.46. The number of ether oxygens (including phenoxy) is 2. The molecule has 0 bridgehead atoms. The molecule has 0 unspecified atom stereocenters. The summed E-state index contributed by atoms with van der Waals surface area (Å²) in [5.74, 6) is 0.687. The van der Waals surface area contributed by atoms with E-state index in [0.29, 0.717) is 17.2 Å². The highest BCUT2D eigenvalue weighted by Gasteiger charge is 2.08. The molecular formula is C16H12N2O3. The number of carbonyl (C=O) groups is 1. The molecule has 104 valence electrons. The van der Waals surface area contributed by atoms with Crippen LogP contribution in [0, 0.1) is 0 Å². The highest BCUT2D eigenvalue weighted by atomic mass is 16.5. The van der Waals surface area contributed by atoms with Gasteiger partial charge in [-0.25, -0.2) is 14.8 Å². The number of esters is 1. The van der Waals surface area contributed by atoms with Gasteiger partial charge in [-0.15, -0.1) is 0 Å². The first-order chi connectivity index (χ1) is 10.3. The molecule has 5 heteroatoms. The van der Waals surface area contributed by atoms with Crippen molar-refractivity contribution in [3.63, 3.8) is 0 Å². The fraction of sp³-hybridized carbons (Fsp3) is 0.0625. The molecule has 1 heterocycles. The van der Waals surface area contributed by atoms with E-state index in [0.717, 1.165) is 10.9 Å². The van der Waals surface area contributed by atoms with Gasteiger partial charge in [-0.1, -0.05) is 12.1 Å². The standard InChI is InChI=1S/C16H12N2O3/c1-20-16(19)11-6-8-12(9-7-11)21-15-13-4-2-3-5-14(13)17-10-18-15/h2-10H,1H3. The first-order valence-electron chi connectivity index (χ1n) is 6.34. The van der Waals surface area contributed by atoms with Gasteiger partial charge in [-0.05, 0) is 36.4 Å². The van der Waals surface area contributed by atoms with Crippen molar-refractivity contribution in [2.75, 3.05) is 7.11 Å². The minimum Gasteiger partial charge on any atom is -0.465 e. The normalized spacial score (nSPS) is 10.3. The number of fused-ring (bicyclic) bond motifs is 1. The number of hydrogen-bond donors (Lipinski definition) is 0. The molecule has 0 aliphatic carbocycles. The van der Waals surface area contributed by atoms with Crippen molar-refractivity contribution in [1.29, 1.82) is 0 Å². The molecule has 2 aromatic carbocycles. The zero-order valence-electron chi connectivity index (χ0n) is 11.3. The quantitative estimate of drug-likeness (QED) is 0.689. The number of benzene rings is 2. The Morgan fingerprint density at radius 2 is 1.76 bits per heavy atom. The lowest BCUT2D eigenvalue weighted by molar-refractivity contribution is 0.0600. The molecule has 1 aromatic heterocycles. The van der Waals surface area contributed by atoms with Crippen LogP contribution in [0.3, 0.4) is 0 Å². The Hall–Kier alpha value is -2.95. The summed E-state index contributed by atoms with van der Waals surface area (Å²) in [5.41, 5.74) is 1.28. The predicted molar refractivity (Wildman–Crippen MR) is 77.4 cm³/mol. The van der Waals surface area contributed by atoms with Gasteiger partial charge in [0.2, 0.25) is 5.88 Å². The van der Waals surface area contributed by atoms with Gasteiger partial charge in [0, 0.05) is 0 Å². The van der Waals surface area contributed by atoms with Gasteiger partial charge in [0.1, 0.15) is 12.1 Å². The Morgan fingerprint density at radius 1 is 1.00 bits per heavy atom. The van der Waals surface area contributed by atoms with Gasteiger partial charge in [0.05, 0.1) is 23.6 Å². The number of carbonyl (C=O) groups excluding carboxylic acids is 1. The third-order valence-electron chi connectivity index (χ3n) is 3.00. The summed E-state index contributed by atoms with van der Waals surface area (Å²) < 4.78 is 10.4. The van der Waals surface area contributed by atoms with E-state index >= 15 is 0 Å². The molecule has 0 N–H and O–H groups in total. The first-order valence-corrected chi connectivity index (χ1v) is 6.34. The Balaban J connectivity index is 1.90. The van der Waals surface area contributed by atoms with E-state index in [2.05, 4.69) is 14.7 Å². The van der Waals surface area contributed by atoms with E-state index < -0.39 is 0 Å². The fourth-order valence-corrected chi connectivity index (χ4v) is 1.95. The lowest BCUT2D eigenvalue weighted by Gasteiger charge is -2.07. The molecule has 3 aromatic rings. The second-order valence-corrected chi connectivity index (χ2v) is 4.31. The van der Waals surface area contributed by atoms with Crippen LogP contribution in [0.25, 0.3) is 10.9 Å². The van der Waals surface area contributed by atoms with Crippen LogP contribution in [0.15, 0.2) is 54.9 Å². The minimum atomic E-state index is -0.381. The molecule has 5 nitrogen and oxygen atoms in total. The number of methoxy groups -OCH3 is 1. The smallest absolute Gasteiger partial charge is 0.337 e. The number of para-hydroxylation sites is 1. The van der Waals surface area contributed by atoms with Crippen LogP contribution in [0.2, 0.25) is 0 Å². The zero-order valence-corrected chi connectivity index (χ0v) is 11.3. The maximum absolute atomic E-state index is 11.4. The van der Waals surface area contributed by atoms with Crippen LogP contribution >= 0.6 is 0 Å². The van der Waals surface area contributed by atoms with Gasteiger partial charge in [-0.2, -0.15) is 0 Å². The Morgan fingerprint density at radius 3 is 2.52 bits per heavy atom. The lowest BCUT2D eigenvalue weighted by atomic mass is 10.2. The van der Waals surface area contributed by atoms with E-state index in [1.165, 1.54) is 13.4 Å². The van der Waals surface area contributed by atoms with Crippen LogP contribution in [-0.4, -0.2) is 23.0 Å². The summed E-state index contributed by atoms with van der Waals surface area (Å²) in [4.78, 5) is 19.7. The van der Waals surface area contributed by atoms with Gasteiger partial charge in [-0.3, -0.25) is 0 Å². The second-order valence-electron chi connectivity index (χ2n) is 4.31. The van der Waals surface area contributed by atoms with Crippen molar-refractivity contribution in [3.05, 3.63) is 60.4 Å². The average molecular weight is 280 g/mol. The van der Waals surface area contributed by atoms with E-state index in [4.69, 9.17) is 4.74 Å². The molecule has 0 fully saturated rings. The molecule has 0 amide bonds. The average Bonchev–Trinajstić information content (AvgIpc) is 2.55. The highest BCUT2D eigenvalue weighted by Crippen LogP contribution is 2.26. The molecule has 0 atom stereocenters. The topological polar surface area (TPSA) is 61.3 Å². The third-order valence-corrected chi connectivity index (χ3v) is 3.00. The summed E-state index contributed by atoms with van der Waals surface area (Å²) >= 11 is 0. The zero-order chi connectivity index (χ0) is 14.7. The van der Waals surface area contributed by atoms with Crippen molar-refractivity contribution in [1.82, 2.24) is 9.97 Å². The van der Waals surface area contributed by atoms with Crippen LogP contribution in [-0.2, 0) is 4.74 Å². The molecule has 0 aliphatic rings. The predicted octanol–water partition coefficient (Wildman–Crippen LogP) is 3.21. The fourth-order valence-electron chi connectivity index (χ4n) is 1.95. The lowest BCUT2D eigenvalue weighted by Crippen LogP contribution is -2.00. The third kappa shape index (κ3) is 2.67. The van der Waals surface area contributed by atoms with Crippen molar-refractivity contribution >= 4 is 16.9 Å². The number of rotatable bonds is 3. The van der Waals surface area contributed by atoms with Crippen molar-refractivity contribution < 1.29 is 14.3 Å². The molecule has 21 heavy (non-hydrogen) atoms. The van der Waals surface area contributed by atoms with Gasteiger partial charge in [0.25, 0.3) is 0 Å². The molecule has 0 saturated carbocycles. The Kier molecular flexibility index (Phi) is 3.47. The Labute approximate surface area is 121 Å². The van der Waals surface area contributed by atoms with Crippen molar-refractivity contribution in [2.45, 2.75) is 0 Å². The summed E-state index contributed by atoms with van der Waals surface area (Å²) in [6.45, 7) is 0. The largest absolute Gasteiger partial charge is 0.465 e. The minimum absolute atomic E-state index is 0.381. The second kappa shape index (κ2) is 5.58. The summed E-state index contributed by atoms with van der Waals surface area (Å²) in [6, 6.07) is 14.3. The molecule has 0 aliphatic heterocycles. The van der Waals surface area contributed by atoms with Crippen LogP contribution in [0.1, 0.15) is 10.4 Å². The number of aromatic nitrogens is 2. The maximum atomic E-state index is 11.4. The van der Waals surface area contributed by atoms with Crippen molar-refractivity contribution in [3.8, 4) is 11.6 Å². The van der Waals surface area contributed by atoms with Gasteiger partial charge < -0.3 is 9.47 Å². The summed E-state index contributed by atoms with van der Waals surface area (Å²) in [7, 11) is 1.35. The van der Waals surface area contributed by atoms with E-state index in [1.54, 1.807) is 24.3 Å². The molecule has 0 spiro atoms. The molecular weight excluding hydrogens is 268 g/mol. The Bertz CT molecular complexity index is 780. The van der Waals surface area contributed by atoms with Crippen LogP contribution in [0.4, 0.5) is 0 Å². The van der Waals surface area contributed by atoms with E-state index in [-0.39, 0.29) is 5.97 Å². The maximum Gasteiger partial charge on any atom is 0.337 e. The van der Waals surface area contributed by atoms with Gasteiger partial charge in [0.15, 0.2) is 0 Å². The van der Waals surface area contributed by atoms with Gasteiger partial charge >= 0.3 is 5.97 Å². The first kappa shape index (κ1) is 13.1.